The second-order valence-electron chi connectivity index (χ2n) is 6.57. The number of likely N-dealkylation sites (tertiary alicyclic amines) is 1. The van der Waals surface area contributed by atoms with Gasteiger partial charge in [-0.05, 0) is 12.0 Å². The molecule has 132 valence electrons. The molecular weight excluding hydrogens is 328 g/mol. The Balaban J connectivity index is 1.57. The molecule has 7 heteroatoms. The van der Waals surface area contributed by atoms with E-state index in [-0.39, 0.29) is 17.9 Å². The highest BCUT2D eigenvalue weighted by atomic mass is 32.2. The van der Waals surface area contributed by atoms with Crippen LogP contribution in [0, 0.1) is 5.92 Å². The minimum Gasteiger partial charge on any atom is -0.375 e. The van der Waals surface area contributed by atoms with E-state index in [0.717, 1.165) is 12.0 Å². The number of sulfonamides is 1. The van der Waals surface area contributed by atoms with E-state index in [4.69, 9.17) is 4.74 Å². The van der Waals surface area contributed by atoms with Crippen molar-refractivity contribution in [2.24, 2.45) is 5.92 Å². The van der Waals surface area contributed by atoms with Crippen molar-refractivity contribution in [3.05, 3.63) is 35.9 Å². The molecule has 3 rings (SSSR count). The molecule has 0 spiro atoms. The Bertz CT molecular complexity index is 677. The molecule has 2 fully saturated rings. The largest absolute Gasteiger partial charge is 0.375 e. The average Bonchev–Trinajstić information content (AvgIpc) is 2.84. The van der Waals surface area contributed by atoms with E-state index in [0.29, 0.717) is 39.2 Å². The fourth-order valence-corrected chi connectivity index (χ4v) is 4.29. The van der Waals surface area contributed by atoms with E-state index in [2.05, 4.69) is 0 Å². The first-order valence-corrected chi connectivity index (χ1v) is 10.2. The van der Waals surface area contributed by atoms with Gasteiger partial charge in [0, 0.05) is 38.5 Å². The van der Waals surface area contributed by atoms with Gasteiger partial charge in [0.25, 0.3) is 0 Å². The van der Waals surface area contributed by atoms with Crippen molar-refractivity contribution in [2.75, 3.05) is 39.0 Å². The van der Waals surface area contributed by atoms with E-state index < -0.39 is 10.0 Å². The van der Waals surface area contributed by atoms with Crippen molar-refractivity contribution in [1.82, 2.24) is 9.21 Å². The number of hydrogen-bond acceptors (Lipinski definition) is 4. The second kappa shape index (κ2) is 7.21. The lowest BCUT2D eigenvalue weighted by atomic mass is 10.1. The summed E-state index contributed by atoms with van der Waals surface area (Å²) in [7, 11) is -3.22. The molecule has 1 aromatic rings. The molecule has 0 bridgehead atoms. The molecule has 0 N–H and O–H groups in total. The summed E-state index contributed by atoms with van der Waals surface area (Å²) in [6.07, 6.45) is 2.36. The summed E-state index contributed by atoms with van der Waals surface area (Å²) in [4.78, 5) is 14.3. The van der Waals surface area contributed by atoms with Crippen LogP contribution < -0.4 is 0 Å². The number of amides is 1. The van der Waals surface area contributed by atoms with Gasteiger partial charge in [-0.2, -0.15) is 4.31 Å². The van der Waals surface area contributed by atoms with Gasteiger partial charge in [0.15, 0.2) is 0 Å². The average molecular weight is 352 g/mol. The summed E-state index contributed by atoms with van der Waals surface area (Å²) >= 11 is 0. The van der Waals surface area contributed by atoms with Gasteiger partial charge in [-0.1, -0.05) is 30.3 Å². The lowest BCUT2D eigenvalue weighted by molar-refractivity contribution is -0.130. The normalized spacial score (nSPS) is 25.3. The first-order chi connectivity index (χ1) is 11.4. The summed E-state index contributed by atoms with van der Waals surface area (Å²) in [6, 6.07) is 9.95. The van der Waals surface area contributed by atoms with Gasteiger partial charge in [0.05, 0.1) is 19.0 Å². The smallest absolute Gasteiger partial charge is 0.223 e. The number of carbonyl (C=O) groups is 1. The van der Waals surface area contributed by atoms with E-state index in [1.165, 1.54) is 10.6 Å². The summed E-state index contributed by atoms with van der Waals surface area (Å²) in [5, 5.41) is 0. The van der Waals surface area contributed by atoms with Gasteiger partial charge < -0.3 is 9.64 Å². The highest BCUT2D eigenvalue weighted by Gasteiger charge is 2.39. The van der Waals surface area contributed by atoms with Gasteiger partial charge in [0.2, 0.25) is 15.9 Å². The SMILES string of the molecule is CS(=O)(=O)N1CCO[C@@H]2CN(C(=O)CCc3ccccc3)C[C@@H]2C1. The molecule has 0 aliphatic carbocycles. The quantitative estimate of drug-likeness (QED) is 0.802. The zero-order valence-corrected chi connectivity index (χ0v) is 14.7. The van der Waals surface area contributed by atoms with Crippen LogP contribution in [0.5, 0.6) is 0 Å². The first-order valence-electron chi connectivity index (χ1n) is 8.32. The predicted molar refractivity (Wildman–Crippen MR) is 91.0 cm³/mol. The van der Waals surface area contributed by atoms with Crippen molar-refractivity contribution in [2.45, 2.75) is 18.9 Å². The Hall–Kier alpha value is -1.44. The molecule has 0 saturated carbocycles. The van der Waals surface area contributed by atoms with Gasteiger partial charge >= 0.3 is 0 Å². The Morgan fingerprint density at radius 3 is 2.67 bits per heavy atom. The van der Waals surface area contributed by atoms with Crippen LogP contribution in [0.3, 0.4) is 0 Å². The molecule has 2 heterocycles. The summed E-state index contributed by atoms with van der Waals surface area (Å²) < 4.78 is 30.8. The number of nitrogens with zero attached hydrogens (tertiary/aromatic N) is 2. The molecule has 0 unspecified atom stereocenters. The van der Waals surface area contributed by atoms with Crippen LogP contribution >= 0.6 is 0 Å². The van der Waals surface area contributed by atoms with Crippen molar-refractivity contribution in [1.29, 1.82) is 0 Å². The lowest BCUT2D eigenvalue weighted by Crippen LogP contribution is -2.37. The van der Waals surface area contributed by atoms with Crippen LogP contribution in [0.1, 0.15) is 12.0 Å². The number of fused-ring (bicyclic) bond motifs is 1. The van der Waals surface area contributed by atoms with Gasteiger partial charge in [0.1, 0.15) is 0 Å². The highest BCUT2D eigenvalue weighted by Crippen LogP contribution is 2.25. The maximum Gasteiger partial charge on any atom is 0.223 e. The predicted octanol–water partition coefficient (Wildman–Crippen LogP) is 0.738. The summed E-state index contributed by atoms with van der Waals surface area (Å²) in [5.41, 5.74) is 1.15. The summed E-state index contributed by atoms with van der Waals surface area (Å²) in [6.45, 7) is 2.36. The minimum absolute atomic E-state index is 0.0579. The molecule has 2 atom stereocenters. The third-order valence-electron chi connectivity index (χ3n) is 4.78. The zero-order chi connectivity index (χ0) is 17.2. The standard InChI is InChI=1S/C17H24N2O4S/c1-24(21,22)19-9-10-23-16-13-18(11-15(16)12-19)17(20)8-7-14-5-3-2-4-6-14/h2-6,15-16H,7-13H2,1H3/t15-,16-/m1/s1. The number of rotatable bonds is 4. The number of aryl methyl sites for hydroxylation is 1. The fourth-order valence-electron chi connectivity index (χ4n) is 3.42. The van der Waals surface area contributed by atoms with Crippen molar-refractivity contribution in [3.8, 4) is 0 Å². The second-order valence-corrected chi connectivity index (χ2v) is 8.56. The van der Waals surface area contributed by atoms with Crippen LogP contribution in [0.15, 0.2) is 30.3 Å². The Kier molecular flexibility index (Phi) is 5.22. The van der Waals surface area contributed by atoms with E-state index in [1.807, 2.05) is 35.2 Å². The van der Waals surface area contributed by atoms with Crippen LogP contribution in [-0.4, -0.2) is 68.7 Å². The zero-order valence-electron chi connectivity index (χ0n) is 13.9. The highest BCUT2D eigenvalue weighted by molar-refractivity contribution is 7.88. The van der Waals surface area contributed by atoms with Crippen molar-refractivity contribution in [3.63, 3.8) is 0 Å². The fraction of sp³-hybridized carbons (Fsp3) is 0.588. The molecular formula is C17H24N2O4S. The topological polar surface area (TPSA) is 66.9 Å². The molecule has 2 aliphatic heterocycles. The van der Waals surface area contributed by atoms with Crippen molar-refractivity contribution < 1.29 is 17.9 Å². The van der Waals surface area contributed by atoms with Gasteiger partial charge in [-0.15, -0.1) is 0 Å². The van der Waals surface area contributed by atoms with Crippen molar-refractivity contribution >= 4 is 15.9 Å². The third-order valence-corrected chi connectivity index (χ3v) is 6.05. The molecule has 0 radical (unpaired) electrons. The molecule has 1 aromatic carbocycles. The van der Waals surface area contributed by atoms with E-state index in [9.17, 15) is 13.2 Å². The molecule has 0 aromatic heterocycles. The maximum atomic E-state index is 12.5. The summed E-state index contributed by atoms with van der Waals surface area (Å²) in [5.74, 6) is 0.171. The Labute approximate surface area is 143 Å². The monoisotopic (exact) mass is 352 g/mol. The molecule has 1 amide bonds. The molecule has 24 heavy (non-hydrogen) atoms. The van der Waals surface area contributed by atoms with Crippen LogP contribution in [0.25, 0.3) is 0 Å². The number of hydrogen-bond donors (Lipinski definition) is 0. The van der Waals surface area contributed by atoms with Crippen LogP contribution in [0.2, 0.25) is 0 Å². The van der Waals surface area contributed by atoms with Gasteiger partial charge in [-0.3, -0.25) is 4.79 Å². The molecule has 2 saturated heterocycles. The Morgan fingerprint density at radius 2 is 1.96 bits per heavy atom. The van der Waals surface area contributed by atoms with Gasteiger partial charge in [-0.25, -0.2) is 8.42 Å². The number of benzene rings is 1. The molecule has 2 aliphatic rings. The third kappa shape index (κ3) is 4.15. The number of carbonyl (C=O) groups excluding carboxylic acids is 1. The lowest BCUT2D eigenvalue weighted by Gasteiger charge is -2.21. The number of ether oxygens (including phenoxy) is 1. The molecule has 6 nitrogen and oxygen atoms in total. The minimum atomic E-state index is -3.22. The first kappa shape index (κ1) is 17.4. The van der Waals surface area contributed by atoms with Crippen LogP contribution in [0.4, 0.5) is 0 Å². The Morgan fingerprint density at radius 1 is 1.21 bits per heavy atom. The van der Waals surface area contributed by atoms with E-state index in [1.54, 1.807) is 0 Å². The maximum absolute atomic E-state index is 12.5. The van der Waals surface area contributed by atoms with E-state index >= 15 is 0 Å². The van der Waals surface area contributed by atoms with Crippen LogP contribution in [-0.2, 0) is 26.0 Å².